The SMILES string of the molecule is Cc1c(Cl)c([N+](=O)[O-])nn1CC(=O)N1CCCCCC1. The van der Waals surface area contributed by atoms with Crippen LogP contribution in [0.4, 0.5) is 5.82 Å². The molecule has 8 heteroatoms. The molecule has 0 atom stereocenters. The van der Waals surface area contributed by atoms with E-state index in [9.17, 15) is 14.9 Å². The lowest BCUT2D eigenvalue weighted by molar-refractivity contribution is -0.389. The number of hydrogen-bond donors (Lipinski definition) is 0. The number of rotatable bonds is 3. The molecule has 1 aromatic heterocycles. The largest absolute Gasteiger partial charge is 0.408 e. The molecule has 20 heavy (non-hydrogen) atoms. The van der Waals surface area contributed by atoms with Gasteiger partial charge in [0.25, 0.3) is 0 Å². The molecular formula is C12H17ClN4O3. The topological polar surface area (TPSA) is 81.3 Å². The highest BCUT2D eigenvalue weighted by Gasteiger charge is 2.26. The molecule has 1 saturated heterocycles. The van der Waals surface area contributed by atoms with Gasteiger partial charge in [-0.1, -0.05) is 24.4 Å². The van der Waals surface area contributed by atoms with Crippen LogP contribution in [0.2, 0.25) is 5.02 Å². The fraction of sp³-hybridized carbons (Fsp3) is 0.667. The Labute approximate surface area is 121 Å². The summed E-state index contributed by atoms with van der Waals surface area (Å²) in [4.78, 5) is 24.1. The van der Waals surface area contributed by atoms with Crippen molar-refractivity contribution in [3.8, 4) is 0 Å². The molecule has 0 N–H and O–H groups in total. The Kier molecular flexibility index (Phi) is 4.59. The number of halogens is 1. The van der Waals surface area contributed by atoms with Gasteiger partial charge in [-0.25, -0.2) is 0 Å². The Balaban J connectivity index is 2.11. The van der Waals surface area contributed by atoms with Crippen LogP contribution in [0.1, 0.15) is 31.4 Å². The van der Waals surface area contributed by atoms with E-state index in [1.165, 1.54) is 4.68 Å². The van der Waals surface area contributed by atoms with Crippen LogP contribution in [0.15, 0.2) is 0 Å². The number of nitrogens with zero attached hydrogens (tertiary/aromatic N) is 4. The molecule has 110 valence electrons. The van der Waals surface area contributed by atoms with E-state index in [0.29, 0.717) is 5.69 Å². The van der Waals surface area contributed by atoms with Crippen molar-refractivity contribution in [3.63, 3.8) is 0 Å². The first-order valence-corrected chi connectivity index (χ1v) is 7.03. The van der Waals surface area contributed by atoms with Crippen molar-refractivity contribution in [2.75, 3.05) is 13.1 Å². The second kappa shape index (κ2) is 6.21. The lowest BCUT2D eigenvalue weighted by Gasteiger charge is -2.19. The number of amides is 1. The van der Waals surface area contributed by atoms with Crippen LogP contribution in [-0.2, 0) is 11.3 Å². The summed E-state index contributed by atoms with van der Waals surface area (Å²) < 4.78 is 1.31. The van der Waals surface area contributed by atoms with Crippen LogP contribution in [0, 0.1) is 17.0 Å². The quantitative estimate of drug-likeness (QED) is 0.632. The van der Waals surface area contributed by atoms with Crippen LogP contribution in [0.3, 0.4) is 0 Å². The minimum absolute atomic E-state index is 0.000602. The Morgan fingerprint density at radius 2 is 1.95 bits per heavy atom. The van der Waals surface area contributed by atoms with Gasteiger partial charge in [0.2, 0.25) is 5.91 Å². The number of aromatic nitrogens is 2. The summed E-state index contributed by atoms with van der Waals surface area (Å²) in [6.07, 6.45) is 4.29. The summed E-state index contributed by atoms with van der Waals surface area (Å²) in [6.45, 7) is 3.11. The molecule has 1 amide bonds. The molecule has 0 aliphatic carbocycles. The molecule has 2 rings (SSSR count). The number of nitro groups is 1. The van der Waals surface area contributed by atoms with Gasteiger partial charge < -0.3 is 15.0 Å². The van der Waals surface area contributed by atoms with Crippen LogP contribution in [0.5, 0.6) is 0 Å². The normalized spacial score (nSPS) is 16.0. The molecular weight excluding hydrogens is 284 g/mol. The summed E-state index contributed by atoms with van der Waals surface area (Å²) >= 11 is 5.85. The van der Waals surface area contributed by atoms with Gasteiger partial charge in [0, 0.05) is 13.1 Å². The van der Waals surface area contributed by atoms with Gasteiger partial charge >= 0.3 is 5.82 Å². The van der Waals surface area contributed by atoms with Crippen molar-refractivity contribution < 1.29 is 9.72 Å². The monoisotopic (exact) mass is 300 g/mol. The van der Waals surface area contributed by atoms with E-state index in [2.05, 4.69) is 5.10 Å². The smallest absolute Gasteiger partial charge is 0.358 e. The Hall–Kier alpha value is -1.63. The summed E-state index contributed by atoms with van der Waals surface area (Å²) in [5.74, 6) is -0.461. The zero-order chi connectivity index (χ0) is 14.7. The molecule has 0 bridgehead atoms. The minimum Gasteiger partial charge on any atom is -0.358 e. The van der Waals surface area contributed by atoms with Crippen LogP contribution in [-0.4, -0.2) is 38.6 Å². The van der Waals surface area contributed by atoms with Crippen molar-refractivity contribution in [2.24, 2.45) is 0 Å². The highest BCUT2D eigenvalue weighted by Crippen LogP contribution is 2.26. The van der Waals surface area contributed by atoms with E-state index in [1.807, 2.05) is 0 Å². The molecule has 2 heterocycles. The van der Waals surface area contributed by atoms with Crippen molar-refractivity contribution in [2.45, 2.75) is 39.2 Å². The second-order valence-electron chi connectivity index (χ2n) is 4.93. The molecule has 7 nitrogen and oxygen atoms in total. The zero-order valence-electron chi connectivity index (χ0n) is 11.3. The minimum atomic E-state index is -0.637. The molecule has 0 radical (unpaired) electrons. The number of hydrogen-bond acceptors (Lipinski definition) is 4. The Bertz CT molecular complexity index is 521. The average molecular weight is 301 g/mol. The first-order valence-electron chi connectivity index (χ1n) is 6.65. The Morgan fingerprint density at radius 1 is 1.35 bits per heavy atom. The van der Waals surface area contributed by atoms with Gasteiger partial charge in [0.05, 0.1) is 10.8 Å². The van der Waals surface area contributed by atoms with E-state index in [4.69, 9.17) is 11.6 Å². The van der Waals surface area contributed by atoms with Gasteiger partial charge in [-0.2, -0.15) is 4.68 Å². The van der Waals surface area contributed by atoms with Gasteiger partial charge in [-0.3, -0.25) is 4.79 Å². The summed E-state index contributed by atoms with van der Waals surface area (Å²) in [6, 6.07) is 0. The highest BCUT2D eigenvalue weighted by molar-refractivity contribution is 6.33. The van der Waals surface area contributed by atoms with E-state index < -0.39 is 10.7 Å². The van der Waals surface area contributed by atoms with E-state index in [-0.39, 0.29) is 17.5 Å². The van der Waals surface area contributed by atoms with E-state index in [1.54, 1.807) is 11.8 Å². The average Bonchev–Trinajstić information content (AvgIpc) is 2.64. The molecule has 0 aromatic carbocycles. The molecule has 1 aliphatic rings. The van der Waals surface area contributed by atoms with Crippen molar-refractivity contribution in [1.82, 2.24) is 14.7 Å². The van der Waals surface area contributed by atoms with Crippen LogP contribution in [0.25, 0.3) is 0 Å². The summed E-state index contributed by atoms with van der Waals surface area (Å²) in [7, 11) is 0. The maximum Gasteiger partial charge on any atom is 0.408 e. The zero-order valence-corrected chi connectivity index (χ0v) is 12.1. The maximum absolute atomic E-state index is 12.2. The predicted octanol–water partition coefficient (Wildman–Crippen LogP) is 2.16. The number of carbonyl (C=O) groups is 1. The lowest BCUT2D eigenvalue weighted by Crippen LogP contribution is -2.35. The van der Waals surface area contributed by atoms with Crippen LogP contribution < -0.4 is 0 Å². The standard InChI is InChI=1S/C12H17ClN4O3/c1-9-11(13)12(17(19)20)14-16(9)8-10(18)15-6-4-2-3-5-7-15/h2-8H2,1H3. The van der Waals surface area contributed by atoms with E-state index in [0.717, 1.165) is 38.8 Å². The van der Waals surface area contributed by atoms with Crippen LogP contribution >= 0.6 is 11.6 Å². The second-order valence-corrected chi connectivity index (χ2v) is 5.31. The van der Waals surface area contributed by atoms with Crippen molar-refractivity contribution in [1.29, 1.82) is 0 Å². The molecule has 0 unspecified atom stereocenters. The third kappa shape index (κ3) is 3.09. The third-order valence-corrected chi connectivity index (χ3v) is 3.98. The van der Waals surface area contributed by atoms with Crippen molar-refractivity contribution in [3.05, 3.63) is 20.8 Å². The fourth-order valence-corrected chi connectivity index (χ4v) is 2.53. The molecule has 1 aromatic rings. The maximum atomic E-state index is 12.2. The number of carbonyl (C=O) groups excluding carboxylic acids is 1. The van der Waals surface area contributed by atoms with Crippen molar-refractivity contribution >= 4 is 23.3 Å². The summed E-state index contributed by atoms with van der Waals surface area (Å²) in [5.41, 5.74) is 0.446. The summed E-state index contributed by atoms with van der Waals surface area (Å²) in [5, 5.41) is 14.6. The first kappa shape index (κ1) is 14.8. The highest BCUT2D eigenvalue weighted by atomic mass is 35.5. The first-order chi connectivity index (χ1) is 9.50. The van der Waals surface area contributed by atoms with Gasteiger partial charge in [0.1, 0.15) is 6.54 Å². The molecule has 0 saturated carbocycles. The molecule has 1 aliphatic heterocycles. The Morgan fingerprint density at radius 3 is 2.45 bits per heavy atom. The third-order valence-electron chi connectivity index (χ3n) is 3.53. The lowest BCUT2D eigenvalue weighted by atomic mass is 10.2. The van der Waals surface area contributed by atoms with Gasteiger partial charge in [-0.05, 0) is 24.7 Å². The van der Waals surface area contributed by atoms with E-state index >= 15 is 0 Å². The van der Waals surface area contributed by atoms with Gasteiger partial charge in [-0.15, -0.1) is 0 Å². The fourth-order valence-electron chi connectivity index (χ4n) is 2.33. The number of likely N-dealkylation sites (tertiary alicyclic amines) is 1. The predicted molar refractivity (Wildman–Crippen MR) is 73.7 cm³/mol. The van der Waals surface area contributed by atoms with Gasteiger partial charge in [0.15, 0.2) is 5.02 Å². The molecule has 1 fully saturated rings. The molecule has 0 spiro atoms.